The number of hydrogen-bond donors (Lipinski definition) is 1. The first kappa shape index (κ1) is 31.1. The van der Waals surface area contributed by atoms with E-state index in [1.165, 1.54) is 32.9 Å². The molecule has 0 aliphatic heterocycles. The second-order valence-corrected chi connectivity index (χ2v) is 7.58. The third kappa shape index (κ3) is 9.27. The Morgan fingerprint density at radius 1 is 0.889 bits per heavy atom. The lowest BCUT2D eigenvalue weighted by molar-refractivity contribution is -0.208. The lowest BCUT2D eigenvalue weighted by Crippen LogP contribution is -2.61. The average Bonchev–Trinajstić information content (AvgIpc) is 2.82. The van der Waals surface area contributed by atoms with E-state index in [1.807, 2.05) is 6.08 Å². The lowest BCUT2D eigenvalue weighted by Gasteiger charge is -2.30. The zero-order valence-electron chi connectivity index (χ0n) is 20.6. The summed E-state index contributed by atoms with van der Waals surface area (Å²) in [7, 11) is 0. The van der Waals surface area contributed by atoms with Gasteiger partial charge in [-0.1, -0.05) is 30.7 Å². The Labute approximate surface area is 208 Å². The molecule has 0 aliphatic rings. The Morgan fingerprint density at radius 3 is 1.94 bits per heavy atom. The van der Waals surface area contributed by atoms with E-state index in [9.17, 15) is 32.7 Å². The van der Waals surface area contributed by atoms with Crippen molar-refractivity contribution in [2.45, 2.75) is 64.3 Å². The zero-order valence-corrected chi connectivity index (χ0v) is 20.6. The Morgan fingerprint density at radius 2 is 1.44 bits per heavy atom. The van der Waals surface area contributed by atoms with Crippen LogP contribution in [0.1, 0.15) is 57.6 Å². The summed E-state index contributed by atoms with van der Waals surface area (Å²) in [6, 6.07) is 4.81. The number of halogens is 3. The van der Waals surface area contributed by atoms with Crippen LogP contribution in [0, 0.1) is 0 Å². The van der Waals surface area contributed by atoms with Crippen molar-refractivity contribution < 1.29 is 51.6 Å². The number of rotatable bonds is 15. The smallest absolute Gasteiger partial charge is 0.416 e. The van der Waals surface area contributed by atoms with E-state index in [4.69, 9.17) is 18.9 Å². The van der Waals surface area contributed by atoms with E-state index >= 15 is 0 Å². The predicted octanol–water partition coefficient (Wildman–Crippen LogP) is 4.08. The van der Waals surface area contributed by atoms with E-state index < -0.39 is 41.4 Å². The van der Waals surface area contributed by atoms with Gasteiger partial charge in [-0.3, -0.25) is 0 Å². The van der Waals surface area contributed by atoms with Crippen LogP contribution in [0.4, 0.5) is 13.2 Å². The van der Waals surface area contributed by atoms with Gasteiger partial charge in [-0.2, -0.15) is 13.2 Å². The van der Waals surface area contributed by atoms with Crippen molar-refractivity contribution in [3.8, 4) is 0 Å². The molecule has 0 aromatic heterocycles. The Balaban J connectivity index is 2.66. The Hall–Kier alpha value is -2.92. The number of hydrogen-bond acceptors (Lipinski definition) is 8. The molecular formula is C25H33F3O8. The Kier molecular flexibility index (Phi) is 13.2. The Bertz CT molecular complexity index is 847. The average molecular weight is 519 g/mol. The standard InChI is InChI=1S/C25H33F3O8/c1-4-33-21(29)20(24(32,22(30)34-5-2)23(31)35-6-3)36-17-11-9-7-8-10-12-18-13-15-19(16-14-18)25(26,27)28/h10,12-16,20,32H,4-9,11,17H2,1-3H3. The predicted molar refractivity (Wildman–Crippen MR) is 124 cm³/mol. The maximum atomic E-state index is 12.6. The van der Waals surface area contributed by atoms with E-state index in [1.54, 1.807) is 6.08 Å². The zero-order chi connectivity index (χ0) is 27.2. The second kappa shape index (κ2) is 15.2. The molecule has 0 amide bonds. The van der Waals surface area contributed by atoms with Gasteiger partial charge in [0.2, 0.25) is 6.10 Å². The number of alkyl halides is 3. The minimum Gasteiger partial charge on any atom is -0.464 e. The molecule has 11 heteroatoms. The van der Waals surface area contributed by atoms with Crippen LogP contribution in [-0.4, -0.2) is 61.1 Å². The summed E-state index contributed by atoms with van der Waals surface area (Å²) in [5, 5.41) is 10.9. The molecule has 1 N–H and O–H groups in total. The van der Waals surface area contributed by atoms with E-state index in [-0.39, 0.29) is 26.4 Å². The molecule has 0 heterocycles. The van der Waals surface area contributed by atoms with Crippen molar-refractivity contribution in [1.82, 2.24) is 0 Å². The highest BCUT2D eigenvalue weighted by molar-refractivity contribution is 6.08. The first-order valence-electron chi connectivity index (χ1n) is 11.7. The van der Waals surface area contributed by atoms with Gasteiger partial charge in [-0.25, -0.2) is 14.4 Å². The molecule has 0 fully saturated rings. The van der Waals surface area contributed by atoms with Gasteiger partial charge in [-0.05, 0) is 57.7 Å². The van der Waals surface area contributed by atoms with Gasteiger partial charge in [0.05, 0.1) is 25.4 Å². The van der Waals surface area contributed by atoms with Gasteiger partial charge < -0.3 is 24.1 Å². The third-order valence-corrected chi connectivity index (χ3v) is 4.90. The van der Waals surface area contributed by atoms with Crippen LogP contribution >= 0.6 is 0 Å². The van der Waals surface area contributed by atoms with Crippen LogP contribution in [0.25, 0.3) is 6.08 Å². The number of ether oxygens (including phenoxy) is 4. The summed E-state index contributed by atoms with van der Waals surface area (Å²) < 4.78 is 57.7. The van der Waals surface area contributed by atoms with Crippen molar-refractivity contribution in [3.63, 3.8) is 0 Å². The fraction of sp³-hybridized carbons (Fsp3) is 0.560. The van der Waals surface area contributed by atoms with Crippen LogP contribution < -0.4 is 0 Å². The molecule has 0 saturated heterocycles. The SMILES string of the molecule is CCOC(=O)C(OCCCCCC=Cc1ccc(C(F)(F)F)cc1)C(O)(C(=O)OCC)C(=O)OCC. The van der Waals surface area contributed by atoms with Crippen molar-refractivity contribution in [1.29, 1.82) is 0 Å². The fourth-order valence-corrected chi connectivity index (χ4v) is 3.10. The molecule has 1 unspecified atom stereocenters. The van der Waals surface area contributed by atoms with Gasteiger partial charge in [0.1, 0.15) is 0 Å². The minimum absolute atomic E-state index is 0.0762. The fourth-order valence-electron chi connectivity index (χ4n) is 3.10. The van der Waals surface area contributed by atoms with Gasteiger partial charge >= 0.3 is 24.1 Å². The molecule has 8 nitrogen and oxygen atoms in total. The molecule has 0 spiro atoms. The maximum Gasteiger partial charge on any atom is 0.416 e. The molecule has 0 bridgehead atoms. The summed E-state index contributed by atoms with van der Waals surface area (Å²) >= 11 is 0. The van der Waals surface area contributed by atoms with Crippen molar-refractivity contribution in [2.75, 3.05) is 26.4 Å². The normalized spacial score (nSPS) is 12.9. The number of carbonyl (C=O) groups is 3. The number of carbonyl (C=O) groups excluding carboxylic acids is 3. The van der Waals surface area contributed by atoms with Crippen LogP contribution in [0.15, 0.2) is 30.3 Å². The molecule has 202 valence electrons. The first-order valence-corrected chi connectivity index (χ1v) is 11.7. The molecule has 1 aromatic carbocycles. The largest absolute Gasteiger partial charge is 0.464 e. The quantitative estimate of drug-likeness (QED) is 0.160. The number of aliphatic hydroxyl groups is 1. The van der Waals surface area contributed by atoms with Crippen LogP contribution in [-0.2, 0) is 39.5 Å². The summed E-state index contributed by atoms with van der Waals surface area (Å²) in [4.78, 5) is 37.2. The van der Waals surface area contributed by atoms with Crippen molar-refractivity contribution >= 4 is 24.0 Å². The molecule has 1 rings (SSSR count). The van der Waals surface area contributed by atoms with Crippen LogP contribution in [0.5, 0.6) is 0 Å². The first-order chi connectivity index (χ1) is 17.0. The number of esters is 3. The summed E-state index contributed by atoms with van der Waals surface area (Å²) in [5.74, 6) is -3.87. The molecule has 0 aliphatic carbocycles. The van der Waals surface area contributed by atoms with Gasteiger partial charge in [0.15, 0.2) is 0 Å². The molecule has 1 atom stereocenters. The monoisotopic (exact) mass is 518 g/mol. The van der Waals surface area contributed by atoms with Gasteiger partial charge in [-0.15, -0.1) is 0 Å². The molecule has 1 aromatic rings. The van der Waals surface area contributed by atoms with Crippen molar-refractivity contribution in [3.05, 3.63) is 41.5 Å². The van der Waals surface area contributed by atoms with E-state index in [0.29, 0.717) is 31.2 Å². The second-order valence-electron chi connectivity index (χ2n) is 7.58. The maximum absolute atomic E-state index is 12.6. The summed E-state index contributed by atoms with van der Waals surface area (Å²) in [6.45, 7) is 3.98. The highest BCUT2D eigenvalue weighted by Gasteiger charge is 2.58. The number of allylic oxidation sites excluding steroid dienone is 1. The molecule has 0 radical (unpaired) electrons. The topological polar surface area (TPSA) is 108 Å². The summed E-state index contributed by atoms with van der Waals surface area (Å²) in [6.07, 6.45) is -0.426. The van der Waals surface area contributed by atoms with E-state index in [0.717, 1.165) is 12.1 Å². The van der Waals surface area contributed by atoms with Crippen molar-refractivity contribution in [2.24, 2.45) is 0 Å². The number of benzene rings is 1. The van der Waals surface area contributed by atoms with Gasteiger partial charge in [0, 0.05) is 6.61 Å². The lowest BCUT2D eigenvalue weighted by atomic mass is 9.96. The summed E-state index contributed by atoms with van der Waals surface area (Å²) in [5.41, 5.74) is -3.10. The molecule has 36 heavy (non-hydrogen) atoms. The van der Waals surface area contributed by atoms with Crippen LogP contribution in [0.3, 0.4) is 0 Å². The number of unbranched alkanes of at least 4 members (excludes halogenated alkanes) is 3. The highest BCUT2D eigenvalue weighted by atomic mass is 19.4. The minimum atomic E-state index is -4.38. The van der Waals surface area contributed by atoms with Gasteiger partial charge in [0.25, 0.3) is 5.60 Å². The molecule has 0 saturated carbocycles. The van der Waals surface area contributed by atoms with E-state index in [2.05, 4.69) is 0 Å². The molecular weight excluding hydrogens is 485 g/mol. The van der Waals surface area contributed by atoms with Crippen LogP contribution in [0.2, 0.25) is 0 Å². The third-order valence-electron chi connectivity index (χ3n) is 4.90. The highest BCUT2D eigenvalue weighted by Crippen LogP contribution is 2.29.